The fraction of sp³-hybridized carbons (Fsp3) is 0.619. The van der Waals surface area contributed by atoms with Crippen LogP contribution < -0.4 is 16.4 Å². The van der Waals surface area contributed by atoms with Crippen LogP contribution in [-0.4, -0.2) is 24.9 Å². The minimum Gasteiger partial charge on any atom is -0.353 e. The quantitative estimate of drug-likeness (QED) is 0.700. The molecular formula is C21H33N3O2. The molecule has 0 heterocycles. The minimum atomic E-state index is -0.269. The van der Waals surface area contributed by atoms with Crippen LogP contribution in [0.5, 0.6) is 0 Å². The lowest BCUT2D eigenvalue weighted by molar-refractivity contribution is -0.129. The molecule has 3 unspecified atom stereocenters. The van der Waals surface area contributed by atoms with E-state index < -0.39 is 0 Å². The van der Waals surface area contributed by atoms with E-state index in [1.54, 1.807) is 0 Å². The van der Waals surface area contributed by atoms with E-state index in [1.165, 1.54) is 6.42 Å². The first kappa shape index (κ1) is 20.4. The number of nitrogens with one attached hydrogen (secondary N) is 2. The third-order valence-corrected chi connectivity index (χ3v) is 5.56. The first-order valence-electron chi connectivity index (χ1n) is 9.74. The SMILES string of the molecule is CC1CCC(C(C)C)[C@H](C(=O)NCC(NC(=O)CN)c2ccccc2)C1. The predicted molar refractivity (Wildman–Crippen MR) is 104 cm³/mol. The van der Waals surface area contributed by atoms with Crippen molar-refractivity contribution in [1.82, 2.24) is 10.6 Å². The molecule has 0 saturated heterocycles. The van der Waals surface area contributed by atoms with E-state index in [9.17, 15) is 9.59 Å². The van der Waals surface area contributed by atoms with E-state index >= 15 is 0 Å². The largest absolute Gasteiger partial charge is 0.353 e. The van der Waals surface area contributed by atoms with Gasteiger partial charge in [0.25, 0.3) is 0 Å². The van der Waals surface area contributed by atoms with Crippen molar-refractivity contribution in [2.75, 3.05) is 13.1 Å². The Bertz CT molecular complexity index is 588. The summed E-state index contributed by atoms with van der Waals surface area (Å²) in [4.78, 5) is 24.7. The van der Waals surface area contributed by atoms with Crippen LogP contribution in [0, 0.1) is 23.7 Å². The van der Waals surface area contributed by atoms with Crippen molar-refractivity contribution in [3.63, 3.8) is 0 Å². The van der Waals surface area contributed by atoms with Gasteiger partial charge in [-0.2, -0.15) is 0 Å². The van der Waals surface area contributed by atoms with Gasteiger partial charge in [-0.3, -0.25) is 9.59 Å². The maximum absolute atomic E-state index is 12.9. The normalized spacial score (nSPS) is 24.1. The fourth-order valence-electron chi connectivity index (χ4n) is 4.03. The highest BCUT2D eigenvalue weighted by Gasteiger charge is 2.35. The van der Waals surface area contributed by atoms with Crippen molar-refractivity contribution >= 4 is 11.8 Å². The summed E-state index contributed by atoms with van der Waals surface area (Å²) >= 11 is 0. The molecule has 26 heavy (non-hydrogen) atoms. The molecule has 1 saturated carbocycles. The van der Waals surface area contributed by atoms with Crippen LogP contribution >= 0.6 is 0 Å². The topological polar surface area (TPSA) is 84.2 Å². The predicted octanol–water partition coefficient (Wildman–Crippen LogP) is 2.63. The number of hydrogen-bond acceptors (Lipinski definition) is 3. The maximum atomic E-state index is 12.9. The van der Waals surface area contributed by atoms with Gasteiger partial charge in [-0.05, 0) is 36.2 Å². The van der Waals surface area contributed by atoms with E-state index in [0.29, 0.717) is 24.3 Å². The molecule has 0 radical (unpaired) electrons. The van der Waals surface area contributed by atoms with Crippen molar-refractivity contribution in [3.05, 3.63) is 35.9 Å². The number of amides is 2. The fourth-order valence-corrected chi connectivity index (χ4v) is 4.03. The second-order valence-corrected chi connectivity index (χ2v) is 7.91. The summed E-state index contributed by atoms with van der Waals surface area (Å²) in [6.45, 7) is 6.95. The Kier molecular flexibility index (Phi) is 7.64. The molecule has 1 fully saturated rings. The van der Waals surface area contributed by atoms with Crippen molar-refractivity contribution in [2.45, 2.75) is 46.1 Å². The number of benzene rings is 1. The summed E-state index contributed by atoms with van der Waals surface area (Å²) in [5, 5.41) is 6.00. The molecule has 4 N–H and O–H groups in total. The molecule has 2 rings (SSSR count). The third kappa shape index (κ3) is 5.56. The molecule has 1 aliphatic carbocycles. The Morgan fingerprint density at radius 3 is 2.50 bits per heavy atom. The second kappa shape index (κ2) is 9.72. The van der Waals surface area contributed by atoms with Gasteiger partial charge in [-0.25, -0.2) is 0 Å². The Labute approximate surface area is 157 Å². The smallest absolute Gasteiger partial charge is 0.234 e. The monoisotopic (exact) mass is 359 g/mol. The van der Waals surface area contributed by atoms with Gasteiger partial charge in [0, 0.05) is 12.5 Å². The van der Waals surface area contributed by atoms with Crippen LogP contribution in [-0.2, 0) is 9.59 Å². The second-order valence-electron chi connectivity index (χ2n) is 7.91. The molecule has 0 bridgehead atoms. The van der Waals surface area contributed by atoms with Crippen molar-refractivity contribution in [2.24, 2.45) is 29.4 Å². The van der Waals surface area contributed by atoms with Gasteiger partial charge in [0.1, 0.15) is 0 Å². The number of carbonyl (C=O) groups excluding carboxylic acids is 2. The summed E-state index contributed by atoms with van der Waals surface area (Å²) < 4.78 is 0. The average Bonchev–Trinajstić information content (AvgIpc) is 2.64. The first-order valence-corrected chi connectivity index (χ1v) is 9.74. The third-order valence-electron chi connectivity index (χ3n) is 5.56. The summed E-state index contributed by atoms with van der Waals surface area (Å²) in [6.07, 6.45) is 3.26. The minimum absolute atomic E-state index is 0.0559. The van der Waals surface area contributed by atoms with Crippen molar-refractivity contribution in [1.29, 1.82) is 0 Å². The van der Waals surface area contributed by atoms with Gasteiger partial charge in [0.2, 0.25) is 11.8 Å². The summed E-state index contributed by atoms with van der Waals surface area (Å²) in [6, 6.07) is 9.42. The lowest BCUT2D eigenvalue weighted by Crippen LogP contribution is -2.44. The average molecular weight is 360 g/mol. The Morgan fingerprint density at radius 2 is 1.88 bits per heavy atom. The van der Waals surface area contributed by atoms with E-state index in [0.717, 1.165) is 18.4 Å². The van der Waals surface area contributed by atoms with E-state index in [4.69, 9.17) is 5.73 Å². The van der Waals surface area contributed by atoms with Crippen LogP contribution in [0.3, 0.4) is 0 Å². The van der Waals surface area contributed by atoms with Crippen molar-refractivity contribution in [3.8, 4) is 0 Å². The molecule has 1 aromatic rings. The number of carbonyl (C=O) groups is 2. The lowest BCUT2D eigenvalue weighted by Gasteiger charge is -2.36. The van der Waals surface area contributed by atoms with Crippen LogP contribution in [0.25, 0.3) is 0 Å². The zero-order valence-electron chi connectivity index (χ0n) is 16.2. The van der Waals surface area contributed by atoms with Gasteiger partial charge in [-0.1, -0.05) is 57.5 Å². The molecule has 1 aromatic carbocycles. The molecule has 0 spiro atoms. The van der Waals surface area contributed by atoms with E-state index in [2.05, 4.69) is 31.4 Å². The molecule has 144 valence electrons. The molecule has 0 aromatic heterocycles. The van der Waals surface area contributed by atoms with Crippen LogP contribution in [0.15, 0.2) is 30.3 Å². The van der Waals surface area contributed by atoms with Gasteiger partial charge in [-0.15, -0.1) is 0 Å². The Morgan fingerprint density at radius 1 is 1.19 bits per heavy atom. The van der Waals surface area contributed by atoms with Gasteiger partial charge in [0.15, 0.2) is 0 Å². The van der Waals surface area contributed by atoms with Crippen molar-refractivity contribution < 1.29 is 9.59 Å². The standard InChI is InChI=1S/C21H33N3O2/c1-14(2)17-10-9-15(3)11-18(17)21(26)23-13-19(24-20(25)12-22)16-7-5-4-6-8-16/h4-8,14-15,17-19H,9-13,22H2,1-3H3,(H,23,26)(H,24,25)/t15?,17?,18-,19?/m1/s1. The number of rotatable bonds is 7. The van der Waals surface area contributed by atoms with E-state index in [1.807, 2.05) is 30.3 Å². The molecule has 5 heteroatoms. The van der Waals surface area contributed by atoms with E-state index in [-0.39, 0.29) is 30.3 Å². The molecular weight excluding hydrogens is 326 g/mol. The Hall–Kier alpha value is -1.88. The highest BCUT2D eigenvalue weighted by molar-refractivity contribution is 5.80. The molecule has 4 atom stereocenters. The first-order chi connectivity index (χ1) is 12.4. The summed E-state index contributed by atoms with van der Waals surface area (Å²) in [5.74, 6) is 1.46. The number of hydrogen-bond donors (Lipinski definition) is 3. The van der Waals surface area contributed by atoms with Gasteiger partial charge >= 0.3 is 0 Å². The highest BCUT2D eigenvalue weighted by atomic mass is 16.2. The highest BCUT2D eigenvalue weighted by Crippen LogP contribution is 2.38. The number of nitrogens with two attached hydrogens (primary N) is 1. The van der Waals surface area contributed by atoms with Crippen LogP contribution in [0.2, 0.25) is 0 Å². The van der Waals surface area contributed by atoms with Gasteiger partial charge < -0.3 is 16.4 Å². The lowest BCUT2D eigenvalue weighted by atomic mass is 9.70. The summed E-state index contributed by atoms with van der Waals surface area (Å²) in [7, 11) is 0. The molecule has 1 aliphatic rings. The molecule has 0 aliphatic heterocycles. The van der Waals surface area contributed by atoms with Crippen LogP contribution in [0.1, 0.15) is 51.6 Å². The summed E-state index contributed by atoms with van der Waals surface area (Å²) in [5.41, 5.74) is 6.40. The Balaban J connectivity index is 2.04. The molecule has 2 amide bonds. The zero-order valence-corrected chi connectivity index (χ0v) is 16.2. The zero-order chi connectivity index (χ0) is 19.1. The van der Waals surface area contributed by atoms with Gasteiger partial charge in [0.05, 0.1) is 12.6 Å². The maximum Gasteiger partial charge on any atom is 0.234 e. The molecule has 5 nitrogen and oxygen atoms in total. The van der Waals surface area contributed by atoms with Crippen LogP contribution in [0.4, 0.5) is 0 Å².